The number of hydrogen-bond donors (Lipinski definition) is 0. The van der Waals surface area contributed by atoms with Crippen LogP contribution in [0.4, 0.5) is 17.1 Å². The Morgan fingerprint density at radius 1 is 0.414 bits per heavy atom. The molecule has 3 heterocycles. The van der Waals surface area contributed by atoms with Crippen molar-refractivity contribution in [3.63, 3.8) is 0 Å². The van der Waals surface area contributed by atoms with E-state index in [1.165, 1.54) is 36.5 Å². The van der Waals surface area contributed by atoms with Gasteiger partial charge < -0.3 is 13.9 Å². The molecule has 12 rings (SSSR count). The Bertz CT molecular complexity index is 3510. The van der Waals surface area contributed by atoms with Crippen molar-refractivity contribution in [1.29, 1.82) is 0 Å². The number of nitrogens with zero attached hydrogens (tertiary/aromatic N) is 2. The molecular formula is C54H34N2OS. The third-order valence-corrected chi connectivity index (χ3v) is 12.7. The highest BCUT2D eigenvalue weighted by Crippen LogP contribution is 2.50. The van der Waals surface area contributed by atoms with Crippen molar-refractivity contribution in [2.75, 3.05) is 4.90 Å². The number of aromatic nitrogens is 1. The van der Waals surface area contributed by atoms with E-state index in [1.807, 2.05) is 11.3 Å². The van der Waals surface area contributed by atoms with E-state index in [2.05, 4.69) is 216 Å². The minimum atomic E-state index is 0.861. The molecule has 3 nitrogen and oxygen atoms in total. The lowest BCUT2D eigenvalue weighted by Crippen LogP contribution is -2.11. The van der Waals surface area contributed by atoms with Gasteiger partial charge in [0.25, 0.3) is 0 Å². The maximum atomic E-state index is 7.06. The topological polar surface area (TPSA) is 21.3 Å². The first-order chi connectivity index (χ1) is 28.8. The fourth-order valence-electron chi connectivity index (χ4n) is 9.01. The molecule has 0 N–H and O–H groups in total. The van der Waals surface area contributed by atoms with Crippen LogP contribution in [-0.4, -0.2) is 4.57 Å². The van der Waals surface area contributed by atoms with E-state index in [0.29, 0.717) is 0 Å². The zero-order valence-electron chi connectivity index (χ0n) is 31.3. The summed E-state index contributed by atoms with van der Waals surface area (Å²) in [6.45, 7) is 0. The fraction of sp³-hybridized carbons (Fsp3) is 0. The molecule has 0 saturated heterocycles. The summed E-state index contributed by atoms with van der Waals surface area (Å²) in [5.41, 5.74) is 12.9. The summed E-state index contributed by atoms with van der Waals surface area (Å²) in [4.78, 5) is 2.48. The maximum absolute atomic E-state index is 7.06. The molecule has 0 atom stereocenters. The van der Waals surface area contributed by atoms with Gasteiger partial charge in [0.15, 0.2) is 0 Å². The van der Waals surface area contributed by atoms with Gasteiger partial charge in [0.1, 0.15) is 11.2 Å². The number of furan rings is 1. The van der Waals surface area contributed by atoms with Crippen LogP contribution >= 0.6 is 11.3 Å². The van der Waals surface area contributed by atoms with Crippen LogP contribution in [0.1, 0.15) is 0 Å². The van der Waals surface area contributed by atoms with Crippen molar-refractivity contribution in [2.45, 2.75) is 0 Å². The van der Waals surface area contributed by atoms with Crippen molar-refractivity contribution in [2.24, 2.45) is 0 Å². The quantitative estimate of drug-likeness (QED) is 0.168. The van der Waals surface area contributed by atoms with Crippen molar-refractivity contribution >= 4 is 92.3 Å². The van der Waals surface area contributed by atoms with Crippen LogP contribution in [-0.2, 0) is 0 Å². The molecule has 0 bridgehead atoms. The molecule has 9 aromatic carbocycles. The number of hydrogen-bond acceptors (Lipinski definition) is 3. The van der Waals surface area contributed by atoms with Crippen LogP contribution in [0.5, 0.6) is 0 Å². The fourth-order valence-corrected chi connectivity index (χ4v) is 10.1. The highest BCUT2D eigenvalue weighted by Gasteiger charge is 2.26. The smallest absolute Gasteiger partial charge is 0.145 e. The summed E-state index contributed by atoms with van der Waals surface area (Å²) < 4.78 is 12.0. The molecule has 0 aliphatic carbocycles. The van der Waals surface area contributed by atoms with Crippen LogP contribution < -0.4 is 4.90 Å². The monoisotopic (exact) mass is 758 g/mol. The van der Waals surface area contributed by atoms with Gasteiger partial charge in [0, 0.05) is 53.3 Å². The van der Waals surface area contributed by atoms with Gasteiger partial charge in [-0.1, -0.05) is 133 Å². The minimum absolute atomic E-state index is 0.861. The highest BCUT2D eigenvalue weighted by atomic mass is 32.1. The number of rotatable bonds is 6. The first-order valence-electron chi connectivity index (χ1n) is 19.7. The number of para-hydroxylation sites is 2. The standard InChI is InChI=1S/C54H34N2OS/c1-4-15-35(16-5-1)37-27-29-43-49(33-37)57-54-40(36-17-6-2-7-18-36)31-32-47(53(43)54)56(46-24-14-26-51-52(46)44-22-11-13-25-50(44)58-51)39-28-30-42-41-21-10-12-23-45(41)55(48(42)34-39)38-19-8-3-9-20-38/h1-34H. The van der Waals surface area contributed by atoms with Crippen LogP contribution in [0.3, 0.4) is 0 Å². The Morgan fingerprint density at radius 3 is 1.90 bits per heavy atom. The van der Waals surface area contributed by atoms with Crippen molar-refractivity contribution in [3.8, 4) is 27.9 Å². The van der Waals surface area contributed by atoms with E-state index in [4.69, 9.17) is 4.42 Å². The van der Waals surface area contributed by atoms with Crippen LogP contribution in [0.15, 0.2) is 211 Å². The molecule has 0 radical (unpaired) electrons. The predicted octanol–water partition coefficient (Wildman–Crippen LogP) is 15.9. The summed E-state index contributed by atoms with van der Waals surface area (Å²) >= 11 is 1.85. The average Bonchev–Trinajstić information content (AvgIpc) is 3.97. The van der Waals surface area contributed by atoms with Crippen LogP contribution in [0, 0.1) is 0 Å². The first kappa shape index (κ1) is 32.8. The van der Waals surface area contributed by atoms with E-state index in [1.54, 1.807) is 0 Å². The second kappa shape index (κ2) is 13.1. The Hall–Kier alpha value is -7.40. The van der Waals surface area contributed by atoms with Gasteiger partial charge in [-0.15, -0.1) is 11.3 Å². The predicted molar refractivity (Wildman–Crippen MR) is 247 cm³/mol. The van der Waals surface area contributed by atoms with Crippen LogP contribution in [0.25, 0.3) is 91.9 Å². The summed E-state index contributed by atoms with van der Waals surface area (Å²) in [5.74, 6) is 0. The molecule has 272 valence electrons. The van der Waals surface area contributed by atoms with E-state index >= 15 is 0 Å². The Kier molecular flexibility index (Phi) is 7.40. The van der Waals surface area contributed by atoms with Gasteiger partial charge in [-0.25, -0.2) is 0 Å². The van der Waals surface area contributed by atoms with E-state index in [-0.39, 0.29) is 0 Å². The lowest BCUT2D eigenvalue weighted by Gasteiger charge is -2.28. The van der Waals surface area contributed by atoms with Crippen molar-refractivity contribution in [1.82, 2.24) is 4.57 Å². The zero-order valence-corrected chi connectivity index (χ0v) is 32.2. The van der Waals surface area contributed by atoms with Gasteiger partial charge >= 0.3 is 0 Å². The SMILES string of the molecule is c1ccc(-c2ccc3c(c2)oc2c(-c4ccccc4)ccc(N(c4ccc5c6ccccc6n(-c6ccccc6)c5c4)c4cccc5sc6ccccc6c45)c23)cc1. The molecule has 3 aromatic heterocycles. The van der Waals surface area contributed by atoms with Crippen molar-refractivity contribution in [3.05, 3.63) is 206 Å². The van der Waals surface area contributed by atoms with Crippen molar-refractivity contribution < 1.29 is 4.42 Å². The number of anilines is 3. The van der Waals surface area contributed by atoms with Gasteiger partial charge in [-0.3, -0.25) is 0 Å². The molecule has 0 aliphatic heterocycles. The second-order valence-corrected chi connectivity index (χ2v) is 15.9. The molecule has 0 fully saturated rings. The summed E-state index contributed by atoms with van der Waals surface area (Å²) in [6.07, 6.45) is 0. The Morgan fingerprint density at radius 2 is 1.07 bits per heavy atom. The Labute approximate surface area is 338 Å². The first-order valence-corrected chi connectivity index (χ1v) is 20.5. The number of thiophene rings is 1. The summed E-state index contributed by atoms with van der Waals surface area (Å²) in [7, 11) is 0. The van der Waals surface area contributed by atoms with Gasteiger partial charge in [-0.05, 0) is 89.5 Å². The average molecular weight is 759 g/mol. The van der Waals surface area contributed by atoms with Gasteiger partial charge in [0.2, 0.25) is 0 Å². The third kappa shape index (κ3) is 5.05. The van der Waals surface area contributed by atoms with E-state index in [9.17, 15) is 0 Å². The van der Waals surface area contributed by atoms with E-state index < -0.39 is 0 Å². The molecule has 0 saturated carbocycles. The number of benzene rings is 9. The summed E-state index contributed by atoms with van der Waals surface area (Å²) in [6, 6.07) is 74.3. The molecule has 58 heavy (non-hydrogen) atoms. The normalized spacial score (nSPS) is 11.8. The van der Waals surface area contributed by atoms with Crippen LogP contribution in [0.2, 0.25) is 0 Å². The molecular weight excluding hydrogens is 725 g/mol. The molecule has 0 unspecified atom stereocenters. The zero-order chi connectivity index (χ0) is 38.2. The highest BCUT2D eigenvalue weighted by molar-refractivity contribution is 7.26. The maximum Gasteiger partial charge on any atom is 0.145 e. The summed E-state index contributed by atoms with van der Waals surface area (Å²) in [5, 5.41) is 7.10. The molecule has 0 aliphatic rings. The molecule has 0 spiro atoms. The van der Waals surface area contributed by atoms with Gasteiger partial charge in [0.05, 0.1) is 27.8 Å². The largest absolute Gasteiger partial charge is 0.455 e. The number of fused-ring (bicyclic) bond motifs is 9. The van der Waals surface area contributed by atoms with Gasteiger partial charge in [-0.2, -0.15) is 0 Å². The molecule has 0 amide bonds. The molecule has 12 aromatic rings. The Balaban J connectivity index is 1.20. The molecule has 4 heteroatoms. The van der Waals surface area contributed by atoms with E-state index in [0.717, 1.165) is 72.5 Å². The minimum Gasteiger partial charge on any atom is -0.455 e. The lowest BCUT2D eigenvalue weighted by atomic mass is 9.98. The third-order valence-electron chi connectivity index (χ3n) is 11.6. The second-order valence-electron chi connectivity index (χ2n) is 14.9. The lowest BCUT2D eigenvalue weighted by molar-refractivity contribution is 0.670.